The zero-order chi connectivity index (χ0) is 10.7. The molecule has 0 aliphatic heterocycles. The zero-order valence-electron chi connectivity index (χ0n) is 8.07. The van der Waals surface area contributed by atoms with E-state index in [0.29, 0.717) is 12.0 Å². The number of hydrogen-bond donors (Lipinski definition) is 0. The maximum atomic E-state index is 11.3. The first-order valence-electron chi connectivity index (χ1n) is 4.40. The van der Waals surface area contributed by atoms with E-state index in [4.69, 9.17) is 4.42 Å². The number of carbonyl (C=O) groups excluding carboxylic acids is 1. The van der Waals surface area contributed by atoms with Crippen molar-refractivity contribution in [2.45, 2.75) is 26.7 Å². The Bertz CT molecular complexity index is 367. The molecule has 14 heavy (non-hydrogen) atoms. The number of furan rings is 1. The molecule has 0 saturated carbocycles. The van der Waals surface area contributed by atoms with Gasteiger partial charge >= 0.3 is 5.88 Å². The van der Waals surface area contributed by atoms with Gasteiger partial charge in [0.25, 0.3) is 0 Å². The predicted molar refractivity (Wildman–Crippen MR) is 49.4 cm³/mol. The van der Waals surface area contributed by atoms with Gasteiger partial charge in [-0.1, -0.05) is 13.8 Å². The summed E-state index contributed by atoms with van der Waals surface area (Å²) >= 11 is 0. The van der Waals surface area contributed by atoms with Gasteiger partial charge in [0.1, 0.15) is 4.92 Å². The fourth-order valence-corrected chi connectivity index (χ4v) is 1.16. The monoisotopic (exact) mass is 197 g/mol. The first-order chi connectivity index (χ1) is 6.60. The quantitative estimate of drug-likeness (QED) is 0.422. The van der Waals surface area contributed by atoms with Gasteiger partial charge in [0.2, 0.25) is 0 Å². The molecule has 0 unspecified atom stereocenters. The molecule has 0 atom stereocenters. The number of hydrogen-bond acceptors (Lipinski definition) is 4. The number of ketones is 1. The van der Waals surface area contributed by atoms with Crippen LogP contribution in [0.25, 0.3) is 0 Å². The predicted octanol–water partition coefficient (Wildman–Crippen LogP) is 2.34. The van der Waals surface area contributed by atoms with Gasteiger partial charge in [-0.15, -0.1) is 0 Å². The van der Waals surface area contributed by atoms with Crippen LogP contribution in [-0.4, -0.2) is 10.7 Å². The Kier molecular flexibility index (Phi) is 3.01. The second-order valence-electron chi connectivity index (χ2n) is 2.83. The largest absolute Gasteiger partial charge is 0.433 e. The molecule has 0 fully saturated rings. The summed E-state index contributed by atoms with van der Waals surface area (Å²) in [4.78, 5) is 21.1. The third kappa shape index (κ3) is 1.81. The number of nitrogens with zero attached hydrogens (tertiary/aromatic N) is 1. The number of aryl methyl sites for hydroxylation is 1. The van der Waals surface area contributed by atoms with E-state index in [1.807, 2.05) is 6.92 Å². The van der Waals surface area contributed by atoms with Crippen LogP contribution in [0.15, 0.2) is 10.5 Å². The summed E-state index contributed by atoms with van der Waals surface area (Å²) in [6.07, 6.45) is 0.843. The van der Waals surface area contributed by atoms with Crippen LogP contribution in [0.1, 0.15) is 36.4 Å². The van der Waals surface area contributed by atoms with Gasteiger partial charge in [0.05, 0.1) is 6.07 Å². The first-order valence-corrected chi connectivity index (χ1v) is 4.40. The minimum absolute atomic E-state index is 0.127. The molecule has 0 aromatic carbocycles. The molecule has 0 bridgehead atoms. The summed E-state index contributed by atoms with van der Waals surface area (Å²) < 4.78 is 4.87. The number of nitro groups is 1. The third-order valence-electron chi connectivity index (χ3n) is 1.93. The number of rotatable bonds is 4. The van der Waals surface area contributed by atoms with Gasteiger partial charge in [-0.2, -0.15) is 0 Å². The van der Waals surface area contributed by atoms with Crippen molar-refractivity contribution in [3.05, 3.63) is 27.5 Å². The lowest BCUT2D eigenvalue weighted by atomic mass is 10.1. The van der Waals surface area contributed by atoms with Gasteiger partial charge in [0.15, 0.2) is 11.5 Å². The highest BCUT2D eigenvalue weighted by Gasteiger charge is 2.21. The molecule has 0 N–H and O–H groups in total. The highest BCUT2D eigenvalue weighted by molar-refractivity contribution is 5.94. The summed E-state index contributed by atoms with van der Waals surface area (Å²) in [6.45, 7) is 3.51. The molecule has 1 aromatic heterocycles. The highest BCUT2D eigenvalue weighted by Crippen LogP contribution is 2.23. The molecule has 1 heterocycles. The minimum Gasteiger partial charge on any atom is -0.397 e. The molecule has 0 aliphatic carbocycles. The summed E-state index contributed by atoms with van der Waals surface area (Å²) in [6, 6.07) is 1.31. The average molecular weight is 197 g/mol. The van der Waals surface area contributed by atoms with Crippen molar-refractivity contribution < 1.29 is 14.1 Å². The number of Topliss-reactive ketones (excluding diaryl/α,β-unsaturated/α-hetero) is 1. The zero-order valence-corrected chi connectivity index (χ0v) is 8.07. The Morgan fingerprint density at radius 3 is 2.64 bits per heavy atom. The number of carbonyl (C=O) groups is 1. The SMILES string of the molecule is CCC(=O)c1oc([N+](=O)[O-])cc1CC. The highest BCUT2D eigenvalue weighted by atomic mass is 16.6. The normalized spacial score (nSPS) is 10.1. The molecule has 0 amide bonds. The molecule has 0 radical (unpaired) electrons. The van der Waals surface area contributed by atoms with Crippen LogP contribution in [-0.2, 0) is 6.42 Å². The molecule has 5 heteroatoms. The Morgan fingerprint density at radius 2 is 2.21 bits per heavy atom. The summed E-state index contributed by atoms with van der Waals surface area (Å²) in [5.74, 6) is -0.435. The Hall–Kier alpha value is -1.65. The lowest BCUT2D eigenvalue weighted by Gasteiger charge is -1.93. The van der Waals surface area contributed by atoms with Gasteiger partial charge in [-0.05, 0) is 6.42 Å². The van der Waals surface area contributed by atoms with Crippen molar-refractivity contribution in [2.24, 2.45) is 0 Å². The van der Waals surface area contributed by atoms with Crippen molar-refractivity contribution in [2.75, 3.05) is 0 Å². The first kappa shape index (κ1) is 10.4. The van der Waals surface area contributed by atoms with Crippen LogP contribution in [0.4, 0.5) is 5.88 Å². The van der Waals surface area contributed by atoms with E-state index in [9.17, 15) is 14.9 Å². The second-order valence-corrected chi connectivity index (χ2v) is 2.83. The summed E-state index contributed by atoms with van der Waals surface area (Å²) in [5.41, 5.74) is 0.601. The Labute approximate surface area is 80.9 Å². The third-order valence-corrected chi connectivity index (χ3v) is 1.93. The molecule has 1 rings (SSSR count). The maximum absolute atomic E-state index is 11.3. The average Bonchev–Trinajstić information content (AvgIpc) is 2.60. The lowest BCUT2D eigenvalue weighted by Crippen LogP contribution is -1.97. The van der Waals surface area contributed by atoms with Crippen molar-refractivity contribution in [1.29, 1.82) is 0 Å². The standard InChI is InChI=1S/C9H11NO4/c1-3-6-5-8(10(12)13)14-9(6)7(11)4-2/h5H,3-4H2,1-2H3. The maximum Gasteiger partial charge on any atom is 0.433 e. The molecule has 5 nitrogen and oxygen atoms in total. The van der Waals surface area contributed by atoms with Crippen LogP contribution < -0.4 is 0 Å². The second kappa shape index (κ2) is 4.04. The van der Waals surface area contributed by atoms with E-state index in [1.165, 1.54) is 6.07 Å². The molecule has 0 saturated heterocycles. The van der Waals surface area contributed by atoms with Gasteiger partial charge in [-0.3, -0.25) is 14.9 Å². The molecular weight excluding hydrogens is 186 g/mol. The summed E-state index contributed by atoms with van der Waals surface area (Å²) in [5, 5.41) is 10.4. The van der Waals surface area contributed by atoms with Crippen molar-refractivity contribution in [3.63, 3.8) is 0 Å². The smallest absolute Gasteiger partial charge is 0.397 e. The molecule has 76 valence electrons. The van der Waals surface area contributed by atoms with Crippen molar-refractivity contribution >= 4 is 11.7 Å². The fraction of sp³-hybridized carbons (Fsp3) is 0.444. The van der Waals surface area contributed by atoms with Crippen LogP contribution >= 0.6 is 0 Å². The van der Waals surface area contributed by atoms with Crippen LogP contribution in [0.2, 0.25) is 0 Å². The van der Waals surface area contributed by atoms with E-state index >= 15 is 0 Å². The van der Waals surface area contributed by atoms with E-state index in [1.54, 1.807) is 6.92 Å². The topological polar surface area (TPSA) is 73.3 Å². The van der Waals surface area contributed by atoms with E-state index in [-0.39, 0.29) is 23.8 Å². The summed E-state index contributed by atoms with van der Waals surface area (Å²) in [7, 11) is 0. The molecule has 1 aromatic rings. The molecule has 0 aliphatic rings. The van der Waals surface area contributed by atoms with E-state index in [2.05, 4.69) is 0 Å². The van der Waals surface area contributed by atoms with Crippen molar-refractivity contribution in [3.8, 4) is 0 Å². The molecular formula is C9H11NO4. The van der Waals surface area contributed by atoms with E-state index < -0.39 is 4.92 Å². The van der Waals surface area contributed by atoms with Crippen molar-refractivity contribution in [1.82, 2.24) is 0 Å². The Balaban J connectivity index is 3.15. The fourth-order valence-electron chi connectivity index (χ4n) is 1.16. The molecule has 0 spiro atoms. The van der Waals surface area contributed by atoms with Crippen LogP contribution in [0.3, 0.4) is 0 Å². The van der Waals surface area contributed by atoms with Crippen LogP contribution in [0.5, 0.6) is 0 Å². The van der Waals surface area contributed by atoms with Gasteiger partial charge < -0.3 is 4.42 Å². The van der Waals surface area contributed by atoms with Crippen LogP contribution in [0, 0.1) is 10.1 Å². The van der Waals surface area contributed by atoms with Gasteiger partial charge in [-0.25, -0.2) is 0 Å². The lowest BCUT2D eigenvalue weighted by molar-refractivity contribution is -0.402. The van der Waals surface area contributed by atoms with E-state index in [0.717, 1.165) is 0 Å². The Morgan fingerprint density at radius 1 is 1.57 bits per heavy atom. The minimum atomic E-state index is -0.633. The van der Waals surface area contributed by atoms with Gasteiger partial charge in [0, 0.05) is 12.0 Å².